The van der Waals surface area contributed by atoms with Crippen molar-refractivity contribution in [3.63, 3.8) is 0 Å². The van der Waals surface area contributed by atoms with Gasteiger partial charge in [0.15, 0.2) is 0 Å². The van der Waals surface area contributed by atoms with Crippen LogP contribution in [0.2, 0.25) is 0 Å². The maximum absolute atomic E-state index is 6.10. The van der Waals surface area contributed by atoms with E-state index in [2.05, 4.69) is 16.4 Å². The first kappa shape index (κ1) is 12.6. The predicted molar refractivity (Wildman–Crippen MR) is 75.9 cm³/mol. The molecule has 0 amide bonds. The van der Waals surface area contributed by atoms with Gasteiger partial charge in [0.1, 0.15) is 5.82 Å². The Bertz CT molecular complexity index is 541. The molecule has 1 aromatic heterocycles. The van der Waals surface area contributed by atoms with Crippen LogP contribution in [0.4, 0.5) is 11.5 Å². The molecule has 18 heavy (non-hydrogen) atoms. The van der Waals surface area contributed by atoms with E-state index in [1.807, 2.05) is 51.1 Å². The van der Waals surface area contributed by atoms with Gasteiger partial charge in [-0.2, -0.15) is 0 Å². The molecule has 0 aliphatic carbocycles. The summed E-state index contributed by atoms with van der Waals surface area (Å²) in [6.07, 6.45) is 1.80. The summed E-state index contributed by atoms with van der Waals surface area (Å²) in [6, 6.07) is 12.1. The lowest BCUT2D eigenvalue weighted by Crippen LogP contribution is -2.28. The highest BCUT2D eigenvalue weighted by atomic mass is 15.0. The van der Waals surface area contributed by atoms with Crippen LogP contribution < -0.4 is 11.1 Å². The maximum atomic E-state index is 6.10. The van der Waals surface area contributed by atoms with E-state index in [1.165, 1.54) is 5.56 Å². The van der Waals surface area contributed by atoms with Gasteiger partial charge in [0.25, 0.3) is 0 Å². The molecule has 3 N–H and O–H groups in total. The lowest BCUT2D eigenvalue weighted by Gasteiger charge is -2.20. The number of anilines is 2. The quantitative estimate of drug-likeness (QED) is 0.866. The zero-order valence-electron chi connectivity index (χ0n) is 11.1. The van der Waals surface area contributed by atoms with Crippen LogP contribution in [0.15, 0.2) is 42.6 Å². The molecule has 0 unspecified atom stereocenters. The van der Waals surface area contributed by atoms with Crippen LogP contribution in [0.3, 0.4) is 0 Å². The fourth-order valence-electron chi connectivity index (χ4n) is 1.75. The summed E-state index contributed by atoms with van der Waals surface area (Å²) in [5.74, 6) is 0.849. The van der Waals surface area contributed by atoms with Crippen molar-refractivity contribution in [2.24, 2.45) is 5.73 Å². The molecular weight excluding hydrogens is 222 g/mol. The lowest BCUT2D eigenvalue weighted by molar-refractivity contribution is 0.555. The number of aromatic nitrogens is 1. The largest absolute Gasteiger partial charge is 0.340 e. The van der Waals surface area contributed by atoms with Crippen molar-refractivity contribution >= 4 is 11.5 Å². The van der Waals surface area contributed by atoms with Gasteiger partial charge in [-0.05, 0) is 56.2 Å². The Morgan fingerprint density at radius 1 is 1.17 bits per heavy atom. The normalized spacial score (nSPS) is 11.3. The molecule has 0 atom stereocenters. The van der Waals surface area contributed by atoms with Crippen LogP contribution in [0.25, 0.3) is 0 Å². The van der Waals surface area contributed by atoms with Crippen molar-refractivity contribution in [3.05, 3.63) is 53.7 Å². The second-order valence-corrected chi connectivity index (χ2v) is 5.15. The topological polar surface area (TPSA) is 50.9 Å². The van der Waals surface area contributed by atoms with E-state index in [-0.39, 0.29) is 5.54 Å². The second-order valence-electron chi connectivity index (χ2n) is 5.15. The summed E-state index contributed by atoms with van der Waals surface area (Å²) in [6.45, 7) is 6.04. The van der Waals surface area contributed by atoms with Crippen molar-refractivity contribution in [3.8, 4) is 0 Å². The molecule has 94 valence electrons. The van der Waals surface area contributed by atoms with Gasteiger partial charge in [-0.3, -0.25) is 0 Å². The molecule has 0 radical (unpaired) electrons. The number of nitrogens with one attached hydrogen (secondary N) is 1. The minimum absolute atomic E-state index is 0.336. The number of nitrogens with zero attached hydrogens (tertiary/aromatic N) is 1. The highest BCUT2D eigenvalue weighted by molar-refractivity contribution is 5.57. The van der Waals surface area contributed by atoms with Crippen molar-refractivity contribution in [2.75, 3.05) is 5.32 Å². The maximum Gasteiger partial charge on any atom is 0.130 e. The molecule has 3 nitrogen and oxygen atoms in total. The van der Waals surface area contributed by atoms with E-state index in [9.17, 15) is 0 Å². The molecule has 0 saturated heterocycles. The summed E-state index contributed by atoms with van der Waals surface area (Å²) in [4.78, 5) is 4.28. The molecular formula is C15H19N3. The molecule has 2 rings (SSSR count). The van der Waals surface area contributed by atoms with Crippen LogP contribution in [0.5, 0.6) is 0 Å². The Kier molecular flexibility index (Phi) is 3.34. The summed E-state index contributed by atoms with van der Waals surface area (Å²) < 4.78 is 0. The first-order valence-electron chi connectivity index (χ1n) is 6.04. The van der Waals surface area contributed by atoms with Crippen LogP contribution in [0, 0.1) is 6.92 Å². The van der Waals surface area contributed by atoms with Crippen LogP contribution in [-0.4, -0.2) is 4.98 Å². The summed E-state index contributed by atoms with van der Waals surface area (Å²) >= 11 is 0. The molecule has 0 spiro atoms. The lowest BCUT2D eigenvalue weighted by atomic mass is 9.95. The zero-order valence-corrected chi connectivity index (χ0v) is 11.1. The summed E-state index contributed by atoms with van der Waals surface area (Å²) in [5.41, 5.74) is 9.05. The highest BCUT2D eigenvalue weighted by Crippen LogP contribution is 2.22. The van der Waals surface area contributed by atoms with E-state index < -0.39 is 0 Å². The van der Waals surface area contributed by atoms with E-state index in [1.54, 1.807) is 6.20 Å². The van der Waals surface area contributed by atoms with Crippen molar-refractivity contribution in [1.82, 2.24) is 4.98 Å². The number of pyridine rings is 1. The van der Waals surface area contributed by atoms with Crippen LogP contribution >= 0.6 is 0 Å². The summed E-state index contributed by atoms with van der Waals surface area (Å²) in [5, 5.41) is 3.29. The number of hydrogen-bond donors (Lipinski definition) is 2. The van der Waals surface area contributed by atoms with Crippen molar-refractivity contribution in [1.29, 1.82) is 0 Å². The van der Waals surface area contributed by atoms with Gasteiger partial charge in [-0.1, -0.05) is 12.1 Å². The molecule has 1 aromatic carbocycles. The van der Waals surface area contributed by atoms with E-state index in [4.69, 9.17) is 5.73 Å². The molecule has 0 aliphatic heterocycles. The molecule has 0 fully saturated rings. The number of benzene rings is 1. The average molecular weight is 241 g/mol. The van der Waals surface area contributed by atoms with Crippen LogP contribution in [0.1, 0.15) is 25.0 Å². The van der Waals surface area contributed by atoms with Gasteiger partial charge >= 0.3 is 0 Å². The van der Waals surface area contributed by atoms with Gasteiger partial charge in [0, 0.05) is 17.4 Å². The number of nitrogens with two attached hydrogens (primary N) is 1. The van der Waals surface area contributed by atoms with Gasteiger partial charge in [0.05, 0.1) is 0 Å². The van der Waals surface area contributed by atoms with Crippen molar-refractivity contribution in [2.45, 2.75) is 26.3 Å². The monoisotopic (exact) mass is 241 g/mol. The molecule has 0 saturated carbocycles. The molecule has 2 aromatic rings. The molecule has 1 heterocycles. The van der Waals surface area contributed by atoms with Gasteiger partial charge in [-0.25, -0.2) is 4.98 Å². The van der Waals surface area contributed by atoms with Crippen LogP contribution in [-0.2, 0) is 5.54 Å². The highest BCUT2D eigenvalue weighted by Gasteiger charge is 2.13. The standard InChI is InChI=1S/C15H19N3/c1-11-7-8-17-14(9-11)18-13-6-4-5-12(10-13)15(2,3)16/h4-10H,16H2,1-3H3,(H,17,18). The number of rotatable bonds is 3. The van der Waals surface area contributed by atoms with Crippen molar-refractivity contribution < 1.29 is 0 Å². The zero-order chi connectivity index (χ0) is 13.2. The minimum atomic E-state index is -0.336. The molecule has 3 heteroatoms. The fraction of sp³-hybridized carbons (Fsp3) is 0.267. The Balaban J connectivity index is 2.25. The third-order valence-electron chi connectivity index (χ3n) is 2.79. The first-order chi connectivity index (χ1) is 8.45. The predicted octanol–water partition coefficient (Wildman–Crippen LogP) is 3.33. The first-order valence-corrected chi connectivity index (χ1v) is 6.04. The SMILES string of the molecule is Cc1ccnc(Nc2cccc(C(C)(C)N)c2)c1. The average Bonchev–Trinajstić information content (AvgIpc) is 2.28. The Morgan fingerprint density at radius 3 is 2.61 bits per heavy atom. The fourth-order valence-corrected chi connectivity index (χ4v) is 1.75. The molecule has 0 aliphatic rings. The number of aryl methyl sites for hydroxylation is 1. The third kappa shape index (κ3) is 3.08. The third-order valence-corrected chi connectivity index (χ3v) is 2.79. The van der Waals surface area contributed by atoms with E-state index in [0.717, 1.165) is 17.1 Å². The van der Waals surface area contributed by atoms with Gasteiger partial charge < -0.3 is 11.1 Å². The Hall–Kier alpha value is -1.87. The molecule has 0 bridgehead atoms. The van der Waals surface area contributed by atoms with Gasteiger partial charge in [0.2, 0.25) is 0 Å². The van der Waals surface area contributed by atoms with E-state index >= 15 is 0 Å². The summed E-state index contributed by atoms with van der Waals surface area (Å²) in [7, 11) is 0. The minimum Gasteiger partial charge on any atom is -0.340 e. The number of hydrogen-bond acceptors (Lipinski definition) is 3. The van der Waals surface area contributed by atoms with E-state index in [0.29, 0.717) is 0 Å². The second kappa shape index (κ2) is 4.78. The Morgan fingerprint density at radius 2 is 1.94 bits per heavy atom. The smallest absolute Gasteiger partial charge is 0.130 e. The Labute approximate surface area is 108 Å². The van der Waals surface area contributed by atoms with Gasteiger partial charge in [-0.15, -0.1) is 0 Å².